The minimum Gasteiger partial charge on any atom is -0.378 e. The molecule has 0 radical (unpaired) electrons. The molecule has 178 valence electrons. The molecule has 2 saturated heterocycles. The van der Waals surface area contributed by atoms with E-state index in [1.165, 1.54) is 16.4 Å². The minimum absolute atomic E-state index is 0.0788. The Morgan fingerprint density at radius 1 is 1.12 bits per heavy atom. The van der Waals surface area contributed by atoms with Crippen LogP contribution in [0.1, 0.15) is 37.0 Å². The SMILES string of the molecule is CC(C)S(=O)(=O)N1CCC(CNC(=O)c2ccc(Cl)cc2Cl)(C(=O)N2CCOCC2)CC1. The van der Waals surface area contributed by atoms with Crippen LogP contribution >= 0.6 is 23.2 Å². The highest BCUT2D eigenvalue weighted by Gasteiger charge is 2.46. The second-order valence-corrected chi connectivity index (χ2v) is 11.8. The number of benzene rings is 1. The van der Waals surface area contributed by atoms with Gasteiger partial charge in [0.15, 0.2) is 0 Å². The zero-order valence-electron chi connectivity index (χ0n) is 18.3. The van der Waals surface area contributed by atoms with Gasteiger partial charge < -0.3 is 15.0 Å². The van der Waals surface area contributed by atoms with E-state index in [0.717, 1.165) is 0 Å². The van der Waals surface area contributed by atoms with Crippen molar-refractivity contribution in [1.82, 2.24) is 14.5 Å². The van der Waals surface area contributed by atoms with Gasteiger partial charge in [-0.3, -0.25) is 9.59 Å². The summed E-state index contributed by atoms with van der Waals surface area (Å²) in [5, 5.41) is 2.97. The van der Waals surface area contributed by atoms with Crippen molar-refractivity contribution in [3.63, 3.8) is 0 Å². The molecule has 3 rings (SSSR count). The lowest BCUT2D eigenvalue weighted by Crippen LogP contribution is -2.57. The Kier molecular flexibility index (Phi) is 8.09. The number of hydrogen-bond donors (Lipinski definition) is 1. The number of rotatable bonds is 6. The summed E-state index contributed by atoms with van der Waals surface area (Å²) in [6, 6.07) is 4.60. The summed E-state index contributed by atoms with van der Waals surface area (Å²) in [6.07, 6.45) is 0.646. The molecule has 0 atom stereocenters. The summed E-state index contributed by atoms with van der Waals surface area (Å²) in [6.45, 7) is 5.72. The van der Waals surface area contributed by atoms with Crippen molar-refractivity contribution >= 4 is 45.0 Å². The van der Waals surface area contributed by atoms with E-state index >= 15 is 0 Å². The molecule has 0 saturated carbocycles. The highest BCUT2D eigenvalue weighted by atomic mass is 35.5. The van der Waals surface area contributed by atoms with Crippen molar-refractivity contribution in [2.45, 2.75) is 31.9 Å². The quantitative estimate of drug-likeness (QED) is 0.640. The molecule has 0 aliphatic carbocycles. The van der Waals surface area contributed by atoms with Gasteiger partial charge in [-0.1, -0.05) is 23.2 Å². The predicted molar refractivity (Wildman–Crippen MR) is 123 cm³/mol. The first-order valence-corrected chi connectivity index (χ1v) is 12.9. The van der Waals surface area contributed by atoms with Crippen molar-refractivity contribution in [2.75, 3.05) is 45.9 Å². The van der Waals surface area contributed by atoms with Crippen molar-refractivity contribution in [3.8, 4) is 0 Å². The smallest absolute Gasteiger partial charge is 0.252 e. The molecule has 1 aromatic carbocycles. The molecule has 1 N–H and O–H groups in total. The summed E-state index contributed by atoms with van der Waals surface area (Å²) in [5.41, 5.74) is -0.626. The molecule has 0 bridgehead atoms. The van der Waals surface area contributed by atoms with Crippen LogP contribution in [0.2, 0.25) is 10.0 Å². The van der Waals surface area contributed by atoms with Crippen LogP contribution in [0.25, 0.3) is 0 Å². The number of nitrogens with zero attached hydrogens (tertiary/aromatic N) is 2. The van der Waals surface area contributed by atoms with Gasteiger partial charge in [0, 0.05) is 37.7 Å². The van der Waals surface area contributed by atoms with E-state index in [2.05, 4.69) is 5.32 Å². The van der Waals surface area contributed by atoms with Crippen LogP contribution in [0, 0.1) is 5.41 Å². The zero-order chi connectivity index (χ0) is 23.5. The summed E-state index contributed by atoms with van der Waals surface area (Å²) in [4.78, 5) is 28.1. The molecule has 2 aliphatic rings. The van der Waals surface area contributed by atoms with Crippen molar-refractivity contribution in [3.05, 3.63) is 33.8 Å². The Morgan fingerprint density at radius 3 is 2.31 bits per heavy atom. The maximum atomic E-state index is 13.5. The third kappa shape index (κ3) is 5.39. The molecule has 8 nitrogen and oxygen atoms in total. The molecule has 2 fully saturated rings. The van der Waals surface area contributed by atoms with Crippen LogP contribution in [0.4, 0.5) is 0 Å². The molecule has 0 unspecified atom stereocenters. The maximum absolute atomic E-state index is 13.5. The third-order valence-corrected chi connectivity index (χ3v) is 8.97. The standard InChI is InChI=1S/C21H29Cl2N3O5S/c1-15(2)32(29,30)26-7-5-21(6-8-26,20(28)25-9-11-31-12-10-25)14-24-19(27)17-4-3-16(22)13-18(17)23/h3-4,13,15H,5-12,14H2,1-2H3,(H,24,27). The number of piperidine rings is 1. The predicted octanol–water partition coefficient (Wildman–Crippen LogP) is 2.40. The molecular formula is C21H29Cl2N3O5S. The van der Waals surface area contributed by atoms with Gasteiger partial charge in [-0.25, -0.2) is 12.7 Å². The number of sulfonamides is 1. The lowest BCUT2D eigenvalue weighted by molar-refractivity contribution is -0.148. The normalized spacial score (nSPS) is 19.7. The molecule has 32 heavy (non-hydrogen) atoms. The monoisotopic (exact) mass is 505 g/mol. The van der Waals surface area contributed by atoms with Gasteiger partial charge in [0.2, 0.25) is 15.9 Å². The molecule has 0 spiro atoms. The zero-order valence-corrected chi connectivity index (χ0v) is 20.6. The molecule has 2 aliphatic heterocycles. The van der Waals surface area contributed by atoms with Crippen molar-refractivity contribution in [1.29, 1.82) is 0 Å². The lowest BCUT2D eigenvalue weighted by Gasteiger charge is -2.43. The van der Waals surface area contributed by atoms with E-state index in [9.17, 15) is 18.0 Å². The molecule has 0 aromatic heterocycles. The number of carbonyl (C=O) groups excluding carboxylic acids is 2. The fourth-order valence-corrected chi connectivity index (χ4v) is 5.84. The van der Waals surface area contributed by atoms with Crippen LogP contribution in [0.3, 0.4) is 0 Å². The van der Waals surface area contributed by atoms with E-state index < -0.39 is 26.6 Å². The average molecular weight is 506 g/mol. The van der Waals surface area contributed by atoms with Gasteiger partial charge in [0.25, 0.3) is 5.91 Å². The van der Waals surface area contributed by atoms with Crippen LogP contribution in [0.5, 0.6) is 0 Å². The van der Waals surface area contributed by atoms with Gasteiger partial charge in [-0.05, 0) is 44.9 Å². The Hall–Kier alpha value is -1.39. The lowest BCUT2D eigenvalue weighted by atomic mass is 9.77. The first-order valence-electron chi connectivity index (χ1n) is 10.7. The summed E-state index contributed by atoms with van der Waals surface area (Å²) in [5.74, 6) is -0.483. The highest BCUT2D eigenvalue weighted by Crippen LogP contribution is 2.35. The Bertz CT molecular complexity index is 956. The van der Waals surface area contributed by atoms with E-state index in [1.807, 2.05) is 0 Å². The molecular weight excluding hydrogens is 477 g/mol. The number of morpholine rings is 1. The highest BCUT2D eigenvalue weighted by molar-refractivity contribution is 7.89. The molecule has 2 heterocycles. The summed E-state index contributed by atoms with van der Waals surface area (Å²) < 4.78 is 32.0. The van der Waals surface area contributed by atoms with Crippen LogP contribution in [-0.2, 0) is 19.6 Å². The van der Waals surface area contributed by atoms with Crippen molar-refractivity contribution < 1.29 is 22.7 Å². The van der Waals surface area contributed by atoms with Gasteiger partial charge in [0.1, 0.15) is 0 Å². The van der Waals surface area contributed by atoms with Gasteiger partial charge >= 0.3 is 0 Å². The summed E-state index contributed by atoms with van der Waals surface area (Å²) >= 11 is 12.1. The Balaban J connectivity index is 1.78. The number of halogens is 2. The number of nitrogens with one attached hydrogen (secondary N) is 1. The Morgan fingerprint density at radius 2 is 1.75 bits per heavy atom. The van der Waals surface area contributed by atoms with Crippen LogP contribution in [-0.4, -0.2) is 80.6 Å². The van der Waals surface area contributed by atoms with Crippen LogP contribution in [0.15, 0.2) is 18.2 Å². The van der Waals surface area contributed by atoms with E-state index in [-0.39, 0.29) is 36.1 Å². The fraction of sp³-hybridized carbons (Fsp3) is 0.619. The minimum atomic E-state index is -3.41. The number of carbonyl (C=O) groups is 2. The number of hydrogen-bond acceptors (Lipinski definition) is 5. The first kappa shape index (κ1) is 25.2. The van der Waals surface area contributed by atoms with E-state index in [0.29, 0.717) is 44.2 Å². The molecule has 2 amide bonds. The maximum Gasteiger partial charge on any atom is 0.252 e. The van der Waals surface area contributed by atoms with E-state index in [4.69, 9.17) is 27.9 Å². The average Bonchev–Trinajstić information content (AvgIpc) is 2.77. The van der Waals surface area contributed by atoms with Gasteiger partial charge in [-0.15, -0.1) is 0 Å². The topological polar surface area (TPSA) is 96.0 Å². The fourth-order valence-electron chi connectivity index (χ4n) is 4.05. The first-order chi connectivity index (χ1) is 15.1. The summed E-state index contributed by atoms with van der Waals surface area (Å²) in [7, 11) is -3.41. The molecule has 1 aromatic rings. The van der Waals surface area contributed by atoms with Crippen molar-refractivity contribution in [2.24, 2.45) is 5.41 Å². The second-order valence-electron chi connectivity index (χ2n) is 8.48. The molecule has 11 heteroatoms. The second kappa shape index (κ2) is 10.3. The Labute approximate surface area is 199 Å². The third-order valence-electron chi connectivity index (χ3n) is 6.15. The van der Waals surface area contributed by atoms with Gasteiger partial charge in [0.05, 0.1) is 34.5 Å². The van der Waals surface area contributed by atoms with Crippen LogP contribution < -0.4 is 5.32 Å². The number of amides is 2. The van der Waals surface area contributed by atoms with Gasteiger partial charge in [-0.2, -0.15) is 0 Å². The largest absolute Gasteiger partial charge is 0.378 e. The number of ether oxygens (including phenoxy) is 1. The van der Waals surface area contributed by atoms with E-state index in [1.54, 1.807) is 24.8 Å².